The number of carbonyl (C=O) groups excluding carboxylic acids is 1. The Morgan fingerprint density at radius 1 is 1.11 bits per heavy atom. The summed E-state index contributed by atoms with van der Waals surface area (Å²) in [7, 11) is 1.41. The molecule has 0 bridgehead atoms. The zero-order chi connectivity index (χ0) is 20.0. The van der Waals surface area contributed by atoms with Gasteiger partial charge in [0, 0.05) is 25.2 Å². The third kappa shape index (κ3) is 5.61. The van der Waals surface area contributed by atoms with E-state index in [1.165, 1.54) is 38.0 Å². The lowest BCUT2D eigenvalue weighted by Crippen LogP contribution is -2.45. The van der Waals surface area contributed by atoms with E-state index in [1.807, 2.05) is 0 Å². The Morgan fingerprint density at radius 3 is 2.11 bits per heavy atom. The first kappa shape index (κ1) is 21.0. The molecule has 1 aliphatic heterocycles. The first-order valence-electron chi connectivity index (χ1n) is 8.52. The van der Waals surface area contributed by atoms with Crippen molar-refractivity contribution in [3.63, 3.8) is 0 Å². The average molecular weight is 398 g/mol. The molecule has 0 aliphatic carbocycles. The number of ether oxygens (including phenoxy) is 3. The fourth-order valence-corrected chi connectivity index (χ4v) is 3.82. The smallest absolute Gasteiger partial charge is 0.244 e. The zero-order valence-corrected chi connectivity index (χ0v) is 16.8. The maximum atomic E-state index is 12.2. The second-order valence-corrected chi connectivity index (χ2v) is 8.22. The van der Waals surface area contributed by atoms with Gasteiger partial charge in [0.1, 0.15) is 0 Å². The number of nitrogens with one attached hydrogen (secondary N) is 1. The molecule has 1 aromatic rings. The normalized spacial score (nSPS) is 16.3. The van der Waals surface area contributed by atoms with E-state index >= 15 is 0 Å². The van der Waals surface area contributed by atoms with Gasteiger partial charge in [-0.3, -0.25) is 4.79 Å². The molecule has 2 rings (SSSR count). The van der Waals surface area contributed by atoms with Gasteiger partial charge in [-0.1, -0.05) is 0 Å². The van der Waals surface area contributed by atoms with E-state index in [1.54, 1.807) is 18.2 Å². The Labute approximate surface area is 160 Å². The number of methoxy groups -OCH3 is 3. The van der Waals surface area contributed by atoms with Crippen LogP contribution < -0.4 is 19.5 Å². The molecule has 27 heavy (non-hydrogen) atoms. The summed E-state index contributed by atoms with van der Waals surface area (Å²) in [6, 6.07) is 3.45. The molecule has 0 spiro atoms. The van der Waals surface area contributed by atoms with Crippen LogP contribution in [0.2, 0.25) is 0 Å². The summed E-state index contributed by atoms with van der Waals surface area (Å²) in [5.41, 5.74) is 0.728. The summed E-state index contributed by atoms with van der Waals surface area (Å²) in [4.78, 5) is 12.2. The molecule has 0 radical (unpaired) electrons. The van der Waals surface area contributed by atoms with Crippen LogP contribution in [0, 0.1) is 0 Å². The molecule has 8 nitrogen and oxygen atoms in total. The van der Waals surface area contributed by atoms with Crippen molar-refractivity contribution < 1.29 is 27.4 Å². The number of hydrogen-bond donors (Lipinski definition) is 1. The van der Waals surface area contributed by atoms with Gasteiger partial charge in [-0.05, 0) is 36.6 Å². The van der Waals surface area contributed by atoms with Crippen molar-refractivity contribution in [3.8, 4) is 17.2 Å². The number of benzene rings is 1. The molecule has 150 valence electrons. The van der Waals surface area contributed by atoms with E-state index < -0.39 is 10.0 Å². The lowest BCUT2D eigenvalue weighted by atomic mass is 10.1. The largest absolute Gasteiger partial charge is 0.493 e. The predicted molar refractivity (Wildman–Crippen MR) is 103 cm³/mol. The molecule has 0 unspecified atom stereocenters. The Morgan fingerprint density at radius 2 is 1.67 bits per heavy atom. The number of rotatable bonds is 7. The van der Waals surface area contributed by atoms with E-state index in [9.17, 15) is 13.2 Å². The Hall–Kier alpha value is -2.26. The van der Waals surface area contributed by atoms with Crippen LogP contribution in [0.5, 0.6) is 17.2 Å². The van der Waals surface area contributed by atoms with E-state index in [0.717, 1.165) is 5.56 Å². The van der Waals surface area contributed by atoms with Crippen molar-refractivity contribution in [2.75, 3.05) is 40.7 Å². The lowest BCUT2D eigenvalue weighted by Gasteiger charge is -2.30. The van der Waals surface area contributed by atoms with Gasteiger partial charge in [-0.15, -0.1) is 0 Å². The van der Waals surface area contributed by atoms with Gasteiger partial charge in [0.05, 0.1) is 27.6 Å². The SMILES string of the molecule is COc1cc(C=CC(=O)NC2CCN(S(C)(=O)=O)CC2)cc(OC)c1OC. The van der Waals surface area contributed by atoms with Gasteiger partial charge in [0.2, 0.25) is 21.7 Å². The fourth-order valence-electron chi connectivity index (χ4n) is 2.95. The molecule has 1 aliphatic rings. The first-order chi connectivity index (χ1) is 12.8. The third-order valence-electron chi connectivity index (χ3n) is 4.38. The summed E-state index contributed by atoms with van der Waals surface area (Å²) in [6.07, 6.45) is 5.48. The minimum atomic E-state index is -3.17. The van der Waals surface area contributed by atoms with Gasteiger partial charge < -0.3 is 19.5 Å². The van der Waals surface area contributed by atoms with E-state index in [-0.39, 0.29) is 11.9 Å². The minimum absolute atomic E-state index is 0.0416. The van der Waals surface area contributed by atoms with Crippen molar-refractivity contribution in [2.24, 2.45) is 0 Å². The molecule has 0 aromatic heterocycles. The molecular weight excluding hydrogens is 372 g/mol. The van der Waals surface area contributed by atoms with Crippen LogP contribution in [0.3, 0.4) is 0 Å². The monoisotopic (exact) mass is 398 g/mol. The highest BCUT2D eigenvalue weighted by Gasteiger charge is 2.25. The van der Waals surface area contributed by atoms with Crippen molar-refractivity contribution in [1.29, 1.82) is 0 Å². The maximum Gasteiger partial charge on any atom is 0.244 e. The van der Waals surface area contributed by atoms with Crippen LogP contribution in [0.15, 0.2) is 18.2 Å². The number of hydrogen-bond acceptors (Lipinski definition) is 6. The zero-order valence-electron chi connectivity index (χ0n) is 16.0. The standard InChI is InChI=1S/C18H26N2O6S/c1-24-15-11-13(12-16(25-2)18(15)26-3)5-6-17(21)19-14-7-9-20(10-8-14)27(4,22)23/h5-6,11-12,14H,7-10H2,1-4H3,(H,19,21). The highest BCUT2D eigenvalue weighted by Crippen LogP contribution is 2.38. The molecule has 0 saturated carbocycles. The van der Waals surface area contributed by atoms with Crippen molar-refractivity contribution in [3.05, 3.63) is 23.8 Å². The molecule has 9 heteroatoms. The van der Waals surface area contributed by atoms with Crippen LogP contribution in [0.25, 0.3) is 6.08 Å². The maximum absolute atomic E-state index is 12.2. The van der Waals surface area contributed by atoms with E-state index in [4.69, 9.17) is 14.2 Å². The van der Waals surface area contributed by atoms with E-state index in [0.29, 0.717) is 43.2 Å². The summed E-state index contributed by atoms with van der Waals surface area (Å²) in [6.45, 7) is 0.834. The molecule has 1 N–H and O–H groups in total. The average Bonchev–Trinajstić information content (AvgIpc) is 2.65. The molecular formula is C18H26N2O6S. The third-order valence-corrected chi connectivity index (χ3v) is 5.69. The second-order valence-electron chi connectivity index (χ2n) is 6.24. The van der Waals surface area contributed by atoms with E-state index in [2.05, 4.69) is 5.32 Å². The molecule has 1 saturated heterocycles. The van der Waals surface area contributed by atoms with Crippen molar-refractivity contribution >= 4 is 22.0 Å². The number of carbonyl (C=O) groups is 1. The number of amides is 1. The summed E-state index contributed by atoms with van der Waals surface area (Å²) in [5.74, 6) is 1.26. The Kier molecular flexibility index (Phi) is 7.09. The minimum Gasteiger partial charge on any atom is -0.493 e. The van der Waals surface area contributed by atoms with Crippen LogP contribution >= 0.6 is 0 Å². The van der Waals surface area contributed by atoms with Gasteiger partial charge in [-0.2, -0.15) is 0 Å². The van der Waals surface area contributed by atoms with Gasteiger partial charge >= 0.3 is 0 Å². The molecule has 1 aromatic carbocycles. The van der Waals surface area contributed by atoms with Crippen molar-refractivity contribution in [1.82, 2.24) is 9.62 Å². The number of piperidine rings is 1. The highest BCUT2D eigenvalue weighted by molar-refractivity contribution is 7.88. The van der Waals surface area contributed by atoms with Gasteiger partial charge in [0.15, 0.2) is 11.5 Å². The number of nitrogens with zero attached hydrogens (tertiary/aromatic N) is 1. The quantitative estimate of drug-likeness (QED) is 0.695. The van der Waals surface area contributed by atoms with Crippen LogP contribution in [0.4, 0.5) is 0 Å². The highest BCUT2D eigenvalue weighted by atomic mass is 32.2. The Bertz CT molecular complexity index is 773. The van der Waals surface area contributed by atoms with Crippen LogP contribution in [0.1, 0.15) is 18.4 Å². The lowest BCUT2D eigenvalue weighted by molar-refractivity contribution is -0.117. The van der Waals surface area contributed by atoms with Gasteiger partial charge in [0.25, 0.3) is 0 Å². The Balaban J connectivity index is 1.99. The van der Waals surface area contributed by atoms with Crippen molar-refractivity contribution in [2.45, 2.75) is 18.9 Å². The van der Waals surface area contributed by atoms with Crippen LogP contribution in [-0.2, 0) is 14.8 Å². The van der Waals surface area contributed by atoms with Crippen LogP contribution in [-0.4, -0.2) is 65.3 Å². The first-order valence-corrected chi connectivity index (χ1v) is 10.4. The topological polar surface area (TPSA) is 94.2 Å². The second kappa shape index (κ2) is 9.09. The summed E-state index contributed by atoms with van der Waals surface area (Å²) in [5, 5.41) is 2.91. The molecule has 1 amide bonds. The predicted octanol–water partition coefficient (Wildman–Crippen LogP) is 1.27. The molecule has 1 fully saturated rings. The summed E-state index contributed by atoms with van der Waals surface area (Å²) >= 11 is 0. The number of sulfonamides is 1. The van der Waals surface area contributed by atoms with Gasteiger partial charge in [-0.25, -0.2) is 12.7 Å². The molecule has 0 atom stereocenters. The fraction of sp³-hybridized carbons (Fsp3) is 0.500. The molecule has 1 heterocycles. The summed E-state index contributed by atoms with van der Waals surface area (Å²) < 4.78 is 40.3.